The van der Waals surface area contributed by atoms with Crippen LogP contribution in [0, 0.1) is 6.92 Å². The molecule has 4 aromatic rings. The second-order valence-electron chi connectivity index (χ2n) is 6.62. The first-order valence-electron chi connectivity index (χ1n) is 8.79. The number of aryl methyl sites for hydroxylation is 1. The van der Waals surface area contributed by atoms with E-state index in [1.807, 2.05) is 25.1 Å². The summed E-state index contributed by atoms with van der Waals surface area (Å²) in [5, 5.41) is 31.3. The van der Waals surface area contributed by atoms with Gasteiger partial charge in [-0.25, -0.2) is 9.78 Å². The predicted molar refractivity (Wildman–Crippen MR) is 108 cm³/mol. The minimum Gasteiger partial charge on any atom is -0.872 e. The highest BCUT2D eigenvalue weighted by atomic mass is 16.4. The van der Waals surface area contributed by atoms with E-state index in [0.29, 0.717) is 17.1 Å². The van der Waals surface area contributed by atoms with Crippen molar-refractivity contribution in [3.63, 3.8) is 0 Å². The van der Waals surface area contributed by atoms with Crippen molar-refractivity contribution in [3.8, 4) is 22.9 Å². The van der Waals surface area contributed by atoms with E-state index < -0.39 is 5.97 Å². The van der Waals surface area contributed by atoms with Gasteiger partial charge in [0.15, 0.2) is 0 Å². The fourth-order valence-electron chi connectivity index (χ4n) is 2.97. The molecular weight excluding hydrogens is 370 g/mol. The Balaban J connectivity index is 1.71. The minimum absolute atomic E-state index is 0.00927. The largest absolute Gasteiger partial charge is 0.872 e. The van der Waals surface area contributed by atoms with Gasteiger partial charge in [0, 0.05) is 6.21 Å². The Morgan fingerprint density at radius 1 is 1.14 bits per heavy atom. The summed E-state index contributed by atoms with van der Waals surface area (Å²) >= 11 is 0. The van der Waals surface area contributed by atoms with Crippen molar-refractivity contribution in [2.75, 3.05) is 0 Å². The molecule has 0 fully saturated rings. The number of carboxylic acids is 1. The van der Waals surface area contributed by atoms with Crippen molar-refractivity contribution in [2.24, 2.45) is 4.99 Å². The van der Waals surface area contributed by atoms with Crippen molar-refractivity contribution in [1.29, 1.82) is 0 Å². The average Bonchev–Trinajstić information content (AvgIpc) is 3.11. The number of carboxylic acid groups (broad SMARTS) is 1. The summed E-state index contributed by atoms with van der Waals surface area (Å²) in [5.41, 5.74) is 3.85. The summed E-state index contributed by atoms with van der Waals surface area (Å²) in [6, 6.07) is 14.3. The molecule has 1 aromatic heterocycles. The number of aromatic amines is 1. The third-order valence-corrected chi connectivity index (χ3v) is 4.48. The van der Waals surface area contributed by atoms with Gasteiger partial charge in [0.05, 0.1) is 27.8 Å². The molecule has 0 atom stereocenters. The molecule has 7 heteroatoms. The number of aromatic carboxylic acids is 1. The van der Waals surface area contributed by atoms with E-state index in [1.54, 1.807) is 12.1 Å². The van der Waals surface area contributed by atoms with Crippen LogP contribution in [0.3, 0.4) is 0 Å². The van der Waals surface area contributed by atoms with Gasteiger partial charge < -0.3 is 20.3 Å². The molecule has 0 unspecified atom stereocenters. The van der Waals surface area contributed by atoms with Crippen molar-refractivity contribution in [2.45, 2.75) is 6.92 Å². The lowest BCUT2D eigenvalue weighted by Crippen LogP contribution is -2.01. The monoisotopic (exact) mass is 386 g/mol. The Hall–Kier alpha value is -4.13. The van der Waals surface area contributed by atoms with Crippen LogP contribution < -0.4 is 5.11 Å². The summed E-state index contributed by atoms with van der Waals surface area (Å²) in [6.45, 7) is 1.98. The fraction of sp³-hybridized carbons (Fsp3) is 0.0455. The third-order valence-electron chi connectivity index (χ3n) is 4.48. The second kappa shape index (κ2) is 7.12. The van der Waals surface area contributed by atoms with E-state index >= 15 is 0 Å². The van der Waals surface area contributed by atoms with E-state index in [-0.39, 0.29) is 22.6 Å². The molecule has 3 N–H and O–H groups in total. The van der Waals surface area contributed by atoms with Crippen LogP contribution in [0.15, 0.2) is 59.6 Å². The molecule has 0 aliphatic carbocycles. The molecule has 0 amide bonds. The molecule has 0 aliphatic heterocycles. The lowest BCUT2D eigenvalue weighted by Gasteiger charge is -2.10. The van der Waals surface area contributed by atoms with Crippen LogP contribution in [0.5, 0.6) is 11.5 Å². The molecule has 7 nitrogen and oxygen atoms in total. The van der Waals surface area contributed by atoms with Gasteiger partial charge in [0.2, 0.25) is 0 Å². The molecule has 0 radical (unpaired) electrons. The number of aliphatic imine (C=N–C) groups is 1. The van der Waals surface area contributed by atoms with Crippen LogP contribution in [0.1, 0.15) is 21.5 Å². The summed E-state index contributed by atoms with van der Waals surface area (Å²) < 4.78 is 0. The minimum atomic E-state index is -1.12. The number of imidazole rings is 1. The van der Waals surface area contributed by atoms with Gasteiger partial charge in [0.1, 0.15) is 11.6 Å². The first-order valence-corrected chi connectivity index (χ1v) is 8.79. The third kappa shape index (κ3) is 3.66. The zero-order valence-electron chi connectivity index (χ0n) is 15.4. The molecule has 0 spiro atoms. The van der Waals surface area contributed by atoms with Gasteiger partial charge >= 0.3 is 5.97 Å². The van der Waals surface area contributed by atoms with Crippen LogP contribution in [0.2, 0.25) is 0 Å². The predicted octanol–water partition coefficient (Wildman–Crippen LogP) is 3.77. The normalized spacial score (nSPS) is 11.3. The highest BCUT2D eigenvalue weighted by Crippen LogP contribution is 2.32. The molecular formula is C22H16N3O4-. The first kappa shape index (κ1) is 18.2. The second-order valence-corrected chi connectivity index (χ2v) is 6.62. The number of phenolic OH excluding ortho intramolecular Hbond substituents is 1. The van der Waals surface area contributed by atoms with E-state index in [2.05, 4.69) is 15.0 Å². The van der Waals surface area contributed by atoms with Gasteiger partial charge in [-0.05, 0) is 60.5 Å². The highest BCUT2D eigenvalue weighted by molar-refractivity contribution is 5.93. The molecule has 29 heavy (non-hydrogen) atoms. The lowest BCUT2D eigenvalue weighted by atomic mass is 10.1. The number of aromatic hydroxyl groups is 1. The van der Waals surface area contributed by atoms with E-state index in [9.17, 15) is 15.0 Å². The van der Waals surface area contributed by atoms with Crippen LogP contribution in [-0.4, -0.2) is 32.4 Å². The number of hydrogen-bond donors (Lipinski definition) is 3. The van der Waals surface area contributed by atoms with Crippen molar-refractivity contribution >= 4 is 28.9 Å². The topological polar surface area (TPSA) is 122 Å². The number of rotatable bonds is 4. The molecule has 1 heterocycles. The summed E-state index contributed by atoms with van der Waals surface area (Å²) in [4.78, 5) is 23.0. The van der Waals surface area contributed by atoms with Gasteiger partial charge in [-0.1, -0.05) is 12.1 Å². The standard InChI is InChI=1S/C22H17N3O4/c1-12-2-5-17-18(8-12)25-21(24-17)16-10-15(4-7-20(16)27)23-11-14-9-13(22(28)29)3-6-19(14)26/h2-11,26-27H,1H3,(H,24,25)(H,28,29)/p-1. The average molecular weight is 386 g/mol. The van der Waals surface area contributed by atoms with Crippen molar-refractivity contribution < 1.29 is 20.1 Å². The number of aromatic nitrogens is 2. The zero-order chi connectivity index (χ0) is 20.5. The van der Waals surface area contributed by atoms with Gasteiger partial charge in [-0.3, -0.25) is 4.99 Å². The van der Waals surface area contributed by atoms with Gasteiger partial charge in [-0.2, -0.15) is 0 Å². The van der Waals surface area contributed by atoms with Crippen molar-refractivity contribution in [3.05, 3.63) is 71.3 Å². The number of phenols is 1. The van der Waals surface area contributed by atoms with Crippen LogP contribution in [0.25, 0.3) is 22.4 Å². The maximum absolute atomic E-state index is 11.9. The lowest BCUT2D eigenvalue weighted by molar-refractivity contribution is -0.268. The van der Waals surface area contributed by atoms with Crippen molar-refractivity contribution in [1.82, 2.24) is 9.97 Å². The zero-order valence-corrected chi connectivity index (χ0v) is 15.4. The summed E-state index contributed by atoms with van der Waals surface area (Å²) in [6.07, 6.45) is 1.31. The van der Waals surface area contributed by atoms with E-state index in [0.717, 1.165) is 16.6 Å². The maximum Gasteiger partial charge on any atom is 0.335 e. The SMILES string of the molecule is Cc1ccc2nc(-c3cc(N=Cc4cc(C(=O)O)ccc4[O-])ccc3O)[nH]c2c1. The van der Waals surface area contributed by atoms with Crippen LogP contribution in [0.4, 0.5) is 5.69 Å². The summed E-state index contributed by atoms with van der Waals surface area (Å²) in [7, 11) is 0. The number of nitrogens with one attached hydrogen (secondary N) is 1. The Kier molecular flexibility index (Phi) is 4.48. The molecule has 3 aromatic carbocycles. The number of carbonyl (C=O) groups is 1. The van der Waals surface area contributed by atoms with E-state index in [1.165, 1.54) is 30.5 Å². The maximum atomic E-state index is 11.9. The number of hydrogen-bond acceptors (Lipinski definition) is 5. The Morgan fingerprint density at radius 3 is 2.76 bits per heavy atom. The molecule has 0 bridgehead atoms. The molecule has 0 aliphatic rings. The number of H-pyrrole nitrogens is 1. The summed E-state index contributed by atoms with van der Waals surface area (Å²) in [5.74, 6) is -0.910. The first-order chi connectivity index (χ1) is 13.9. The number of nitrogens with zero attached hydrogens (tertiary/aromatic N) is 2. The molecule has 0 saturated carbocycles. The smallest absolute Gasteiger partial charge is 0.335 e. The molecule has 144 valence electrons. The Morgan fingerprint density at radius 2 is 1.97 bits per heavy atom. The highest BCUT2D eigenvalue weighted by Gasteiger charge is 2.11. The number of fused-ring (bicyclic) bond motifs is 1. The van der Waals surface area contributed by atoms with Crippen LogP contribution in [-0.2, 0) is 0 Å². The van der Waals surface area contributed by atoms with Gasteiger partial charge in [-0.15, -0.1) is 5.75 Å². The van der Waals surface area contributed by atoms with Gasteiger partial charge in [0.25, 0.3) is 0 Å². The molecule has 4 rings (SSSR count). The van der Waals surface area contributed by atoms with E-state index in [4.69, 9.17) is 5.11 Å². The quantitative estimate of drug-likeness (QED) is 0.461. The Bertz CT molecular complexity index is 1270. The molecule has 0 saturated heterocycles. The number of benzene rings is 3. The Labute approximate surface area is 165 Å². The van der Waals surface area contributed by atoms with Crippen LogP contribution >= 0.6 is 0 Å². The fourth-order valence-corrected chi connectivity index (χ4v) is 2.97.